The van der Waals surface area contributed by atoms with Gasteiger partial charge in [-0.05, 0) is 43.5 Å². The Kier molecular flexibility index (Phi) is 5.36. The molecule has 6 nitrogen and oxygen atoms in total. The molecule has 0 radical (unpaired) electrons. The van der Waals surface area contributed by atoms with Crippen LogP contribution in [0.2, 0.25) is 0 Å². The highest BCUT2D eigenvalue weighted by Gasteiger charge is 2.34. The molecule has 0 saturated carbocycles. The van der Waals surface area contributed by atoms with E-state index in [1.54, 1.807) is 11.0 Å². The Hall–Kier alpha value is -2.38. The van der Waals surface area contributed by atoms with Gasteiger partial charge in [-0.3, -0.25) is 4.79 Å². The minimum Gasteiger partial charge on any atom is -0.492 e. The third kappa shape index (κ3) is 3.89. The fourth-order valence-corrected chi connectivity index (χ4v) is 5.75. The summed E-state index contributed by atoms with van der Waals surface area (Å²) in [6.07, 6.45) is 0.663. The van der Waals surface area contributed by atoms with Crippen molar-refractivity contribution in [3.63, 3.8) is 0 Å². The first-order valence-electron chi connectivity index (χ1n) is 9.93. The Labute approximate surface area is 172 Å². The normalized spacial score (nSPS) is 20.1. The molecular weight excluding hydrogens is 388 g/mol. The number of hydrogen-bond donors (Lipinski definition) is 0. The number of ether oxygens (including phenoxy) is 1. The first kappa shape index (κ1) is 19.9. The number of piperazine rings is 1. The van der Waals surface area contributed by atoms with E-state index < -0.39 is 10.0 Å². The van der Waals surface area contributed by atoms with Gasteiger partial charge in [0.25, 0.3) is 0 Å². The van der Waals surface area contributed by atoms with E-state index in [4.69, 9.17) is 4.74 Å². The number of carbonyl (C=O) groups excluding carboxylic acids is 1. The second-order valence-electron chi connectivity index (χ2n) is 7.82. The monoisotopic (exact) mass is 414 g/mol. The number of sulfonamides is 1. The molecular formula is C22H26N2O4S. The molecule has 1 atom stereocenters. The van der Waals surface area contributed by atoms with Crippen molar-refractivity contribution in [2.75, 3.05) is 32.8 Å². The van der Waals surface area contributed by atoms with Crippen molar-refractivity contribution in [3.05, 3.63) is 59.2 Å². The number of rotatable bonds is 3. The Balaban J connectivity index is 1.41. The molecule has 0 aromatic heterocycles. The first-order chi connectivity index (χ1) is 13.9. The molecule has 0 spiro atoms. The fraction of sp³-hybridized carbons (Fsp3) is 0.409. The average Bonchev–Trinajstić information content (AvgIpc) is 2.72. The van der Waals surface area contributed by atoms with E-state index in [0.717, 1.165) is 22.4 Å². The summed E-state index contributed by atoms with van der Waals surface area (Å²) in [5, 5.41) is 0. The van der Waals surface area contributed by atoms with Gasteiger partial charge >= 0.3 is 0 Å². The first-order valence-corrected chi connectivity index (χ1v) is 11.4. The Morgan fingerprint density at radius 1 is 1.03 bits per heavy atom. The van der Waals surface area contributed by atoms with Crippen LogP contribution in [-0.2, 0) is 21.2 Å². The number of para-hydroxylation sites is 1. The molecule has 0 aliphatic carbocycles. The van der Waals surface area contributed by atoms with Crippen LogP contribution in [0.4, 0.5) is 0 Å². The number of fused-ring (bicyclic) bond motifs is 1. The second kappa shape index (κ2) is 7.80. The van der Waals surface area contributed by atoms with Crippen molar-refractivity contribution in [2.24, 2.45) is 5.92 Å². The molecule has 1 fully saturated rings. The summed E-state index contributed by atoms with van der Waals surface area (Å²) >= 11 is 0. The molecule has 2 aromatic rings. The van der Waals surface area contributed by atoms with Crippen molar-refractivity contribution in [1.82, 2.24) is 9.21 Å². The van der Waals surface area contributed by atoms with E-state index in [1.807, 2.05) is 50.2 Å². The lowest BCUT2D eigenvalue weighted by molar-refractivity contribution is -0.138. The predicted molar refractivity (Wildman–Crippen MR) is 110 cm³/mol. The fourth-order valence-electron chi connectivity index (χ4n) is 4.12. The van der Waals surface area contributed by atoms with Gasteiger partial charge in [-0.15, -0.1) is 0 Å². The molecule has 2 aliphatic heterocycles. The molecule has 1 saturated heterocycles. The maximum atomic E-state index is 13.0. The SMILES string of the molecule is Cc1ccc(S(=O)(=O)N2CCN(C(=O)C3COc4ccccc4C3)CC2)c(C)c1. The van der Waals surface area contributed by atoms with E-state index >= 15 is 0 Å². The highest BCUT2D eigenvalue weighted by molar-refractivity contribution is 7.89. The van der Waals surface area contributed by atoms with E-state index in [2.05, 4.69) is 0 Å². The summed E-state index contributed by atoms with van der Waals surface area (Å²) in [6, 6.07) is 13.2. The van der Waals surface area contributed by atoms with Gasteiger partial charge in [-0.1, -0.05) is 35.9 Å². The summed E-state index contributed by atoms with van der Waals surface area (Å²) in [6.45, 7) is 5.57. The molecule has 1 amide bonds. The van der Waals surface area contributed by atoms with Crippen LogP contribution in [0.25, 0.3) is 0 Å². The quantitative estimate of drug-likeness (QED) is 0.774. The lowest BCUT2D eigenvalue weighted by atomic mass is 9.95. The summed E-state index contributed by atoms with van der Waals surface area (Å²) in [5.41, 5.74) is 2.84. The molecule has 0 bridgehead atoms. The van der Waals surface area contributed by atoms with Gasteiger partial charge in [-0.25, -0.2) is 8.42 Å². The largest absolute Gasteiger partial charge is 0.492 e. The number of amides is 1. The maximum absolute atomic E-state index is 13.0. The Bertz CT molecular complexity index is 1030. The zero-order valence-corrected chi connectivity index (χ0v) is 17.6. The molecule has 2 aromatic carbocycles. The van der Waals surface area contributed by atoms with Gasteiger partial charge in [0.15, 0.2) is 0 Å². The van der Waals surface area contributed by atoms with Gasteiger partial charge < -0.3 is 9.64 Å². The molecule has 1 unspecified atom stereocenters. The average molecular weight is 415 g/mol. The van der Waals surface area contributed by atoms with Crippen LogP contribution >= 0.6 is 0 Å². The van der Waals surface area contributed by atoms with Crippen LogP contribution < -0.4 is 4.74 Å². The molecule has 154 valence electrons. The smallest absolute Gasteiger partial charge is 0.243 e. The second-order valence-corrected chi connectivity index (χ2v) is 9.72. The zero-order valence-electron chi connectivity index (χ0n) is 16.8. The molecule has 2 aliphatic rings. The van der Waals surface area contributed by atoms with Crippen molar-refractivity contribution < 1.29 is 17.9 Å². The predicted octanol–water partition coefficient (Wildman–Crippen LogP) is 2.39. The number of nitrogens with zero attached hydrogens (tertiary/aromatic N) is 2. The van der Waals surface area contributed by atoms with Crippen LogP contribution in [-0.4, -0.2) is 56.3 Å². The van der Waals surface area contributed by atoms with Crippen molar-refractivity contribution in [2.45, 2.75) is 25.2 Å². The summed E-state index contributed by atoms with van der Waals surface area (Å²) < 4.78 is 33.3. The standard InChI is InChI=1S/C22H26N2O4S/c1-16-7-8-21(17(2)13-16)29(26,27)24-11-9-23(10-12-24)22(25)19-14-18-5-3-4-6-20(18)28-15-19/h3-8,13,19H,9-12,14-15H2,1-2H3. The number of benzene rings is 2. The van der Waals surface area contributed by atoms with E-state index in [-0.39, 0.29) is 11.8 Å². The topological polar surface area (TPSA) is 66.9 Å². The molecule has 2 heterocycles. The lowest BCUT2D eigenvalue weighted by Crippen LogP contribution is -2.53. The van der Waals surface area contributed by atoms with E-state index in [0.29, 0.717) is 44.1 Å². The van der Waals surface area contributed by atoms with E-state index in [9.17, 15) is 13.2 Å². The highest BCUT2D eigenvalue weighted by atomic mass is 32.2. The van der Waals surface area contributed by atoms with Crippen molar-refractivity contribution in [3.8, 4) is 5.75 Å². The highest BCUT2D eigenvalue weighted by Crippen LogP contribution is 2.28. The van der Waals surface area contributed by atoms with Gasteiger partial charge in [0.05, 0.1) is 10.8 Å². The third-order valence-electron chi connectivity index (χ3n) is 5.73. The summed E-state index contributed by atoms with van der Waals surface area (Å²) in [5.74, 6) is 0.677. The zero-order chi connectivity index (χ0) is 20.6. The molecule has 29 heavy (non-hydrogen) atoms. The van der Waals surface area contributed by atoms with Crippen molar-refractivity contribution in [1.29, 1.82) is 0 Å². The third-order valence-corrected chi connectivity index (χ3v) is 7.79. The minimum atomic E-state index is -3.55. The Morgan fingerprint density at radius 3 is 2.48 bits per heavy atom. The van der Waals surface area contributed by atoms with Crippen LogP contribution in [0.1, 0.15) is 16.7 Å². The van der Waals surface area contributed by atoms with Crippen LogP contribution in [0.3, 0.4) is 0 Å². The molecule has 4 rings (SSSR count). The van der Waals surface area contributed by atoms with Gasteiger partial charge in [0.1, 0.15) is 12.4 Å². The number of aryl methyl sites for hydroxylation is 2. The Morgan fingerprint density at radius 2 is 1.76 bits per heavy atom. The van der Waals surface area contributed by atoms with Gasteiger partial charge in [-0.2, -0.15) is 4.31 Å². The van der Waals surface area contributed by atoms with Crippen LogP contribution in [0.5, 0.6) is 5.75 Å². The van der Waals surface area contributed by atoms with Gasteiger partial charge in [0.2, 0.25) is 15.9 Å². The lowest BCUT2D eigenvalue weighted by Gasteiger charge is -2.36. The van der Waals surface area contributed by atoms with Crippen molar-refractivity contribution >= 4 is 15.9 Å². The summed E-state index contributed by atoms with van der Waals surface area (Å²) in [4.78, 5) is 15.1. The van der Waals surface area contributed by atoms with Crippen LogP contribution in [0.15, 0.2) is 47.4 Å². The number of carbonyl (C=O) groups is 1. The maximum Gasteiger partial charge on any atom is 0.243 e. The minimum absolute atomic E-state index is 0.0445. The van der Waals surface area contributed by atoms with Crippen LogP contribution in [0, 0.1) is 19.8 Å². The van der Waals surface area contributed by atoms with E-state index in [1.165, 1.54) is 4.31 Å². The summed E-state index contributed by atoms with van der Waals surface area (Å²) in [7, 11) is -3.55. The number of hydrogen-bond acceptors (Lipinski definition) is 4. The van der Waals surface area contributed by atoms with Gasteiger partial charge in [0, 0.05) is 26.2 Å². The molecule has 7 heteroatoms. The molecule has 0 N–H and O–H groups in total.